The maximum absolute atomic E-state index is 5.74. The fourth-order valence-corrected chi connectivity index (χ4v) is 2.08. The number of hydrogen-bond acceptors (Lipinski definition) is 2. The van der Waals surface area contributed by atoms with Gasteiger partial charge in [0.2, 0.25) is 0 Å². The van der Waals surface area contributed by atoms with Crippen molar-refractivity contribution in [1.82, 2.24) is 0 Å². The second-order valence-corrected chi connectivity index (χ2v) is 3.99. The Labute approximate surface area is 88.5 Å². The van der Waals surface area contributed by atoms with Crippen LogP contribution < -0.4 is 11.5 Å². The van der Waals surface area contributed by atoms with Crippen molar-refractivity contribution < 1.29 is 0 Å². The molecule has 0 fully saturated rings. The average Bonchev–Trinajstić information content (AvgIpc) is 2.92. The van der Waals surface area contributed by atoms with E-state index in [-0.39, 0.29) is 0 Å². The summed E-state index contributed by atoms with van der Waals surface area (Å²) < 4.78 is 0. The highest BCUT2D eigenvalue weighted by molar-refractivity contribution is 5.65. The smallest absolute Gasteiger partial charge is 0.0346 e. The summed E-state index contributed by atoms with van der Waals surface area (Å²) in [7, 11) is 0. The van der Waals surface area contributed by atoms with Gasteiger partial charge in [-0.15, -0.1) is 0 Å². The van der Waals surface area contributed by atoms with Crippen molar-refractivity contribution >= 4 is 11.4 Å². The predicted molar refractivity (Wildman–Crippen MR) is 62.7 cm³/mol. The summed E-state index contributed by atoms with van der Waals surface area (Å²) in [5.41, 5.74) is 17.1. The lowest BCUT2D eigenvalue weighted by Gasteiger charge is -1.98. The molecule has 1 aliphatic rings. The van der Waals surface area contributed by atoms with Crippen LogP contribution in [0.4, 0.5) is 11.4 Å². The van der Waals surface area contributed by atoms with Gasteiger partial charge in [-0.25, -0.2) is 0 Å². The van der Waals surface area contributed by atoms with Crippen LogP contribution >= 0.6 is 0 Å². The van der Waals surface area contributed by atoms with Crippen LogP contribution in [0.1, 0.15) is 22.6 Å². The van der Waals surface area contributed by atoms with E-state index in [0.717, 1.165) is 11.4 Å². The number of rotatable bonds is 1. The largest absolute Gasteiger partial charge is 0.399 e. The van der Waals surface area contributed by atoms with Gasteiger partial charge in [-0.05, 0) is 41.0 Å². The molecule has 0 saturated heterocycles. The molecule has 1 aliphatic carbocycles. The molecule has 4 N–H and O–H groups in total. The van der Waals surface area contributed by atoms with Gasteiger partial charge in [-0.1, -0.05) is 18.2 Å². The summed E-state index contributed by atoms with van der Waals surface area (Å²) in [6, 6.07) is 14.2. The molecule has 0 bridgehead atoms. The first-order valence-corrected chi connectivity index (χ1v) is 5.00. The molecule has 2 aromatic rings. The highest BCUT2D eigenvalue weighted by Crippen LogP contribution is 2.48. The molecule has 1 unspecified atom stereocenters. The molecule has 0 spiro atoms. The van der Waals surface area contributed by atoms with E-state index < -0.39 is 0 Å². The van der Waals surface area contributed by atoms with Crippen molar-refractivity contribution in [3.63, 3.8) is 0 Å². The topological polar surface area (TPSA) is 52.0 Å². The third-order valence-corrected chi connectivity index (χ3v) is 2.92. The van der Waals surface area contributed by atoms with Gasteiger partial charge >= 0.3 is 0 Å². The van der Waals surface area contributed by atoms with Crippen molar-refractivity contribution in [1.29, 1.82) is 0 Å². The second-order valence-electron chi connectivity index (χ2n) is 3.99. The van der Waals surface area contributed by atoms with Gasteiger partial charge in [-0.3, -0.25) is 0 Å². The second kappa shape index (κ2) is 2.76. The summed E-state index contributed by atoms with van der Waals surface area (Å²) in [6.45, 7) is 0. The zero-order valence-corrected chi connectivity index (χ0v) is 8.27. The maximum Gasteiger partial charge on any atom is 0.0346 e. The molecule has 0 aliphatic heterocycles. The molecule has 74 valence electrons. The van der Waals surface area contributed by atoms with Gasteiger partial charge in [0.15, 0.2) is 0 Å². The Bertz CT molecular complexity index is 515. The summed E-state index contributed by atoms with van der Waals surface area (Å²) in [4.78, 5) is 0. The highest BCUT2D eigenvalue weighted by atomic mass is 14.6. The van der Waals surface area contributed by atoms with Crippen LogP contribution in [0, 0.1) is 0 Å². The Hall–Kier alpha value is -1.96. The maximum atomic E-state index is 5.74. The molecule has 2 aromatic carbocycles. The molecule has 15 heavy (non-hydrogen) atoms. The average molecular weight is 196 g/mol. The van der Waals surface area contributed by atoms with E-state index >= 15 is 0 Å². The lowest BCUT2D eigenvalue weighted by Crippen LogP contribution is -1.85. The minimum absolute atomic E-state index is 0.447. The van der Waals surface area contributed by atoms with E-state index in [1.807, 2.05) is 18.2 Å². The number of anilines is 2. The van der Waals surface area contributed by atoms with Crippen LogP contribution in [0.15, 0.2) is 42.5 Å². The number of nitrogen functional groups attached to an aromatic ring is 2. The van der Waals surface area contributed by atoms with Crippen LogP contribution in [-0.4, -0.2) is 0 Å². The third kappa shape index (κ3) is 1.26. The summed E-state index contributed by atoms with van der Waals surface area (Å²) in [6.07, 6.45) is 0. The number of benzene rings is 2. The quantitative estimate of drug-likeness (QED) is 0.587. The van der Waals surface area contributed by atoms with E-state index in [1.165, 1.54) is 16.7 Å². The first kappa shape index (κ1) is 8.36. The van der Waals surface area contributed by atoms with Gasteiger partial charge < -0.3 is 11.5 Å². The van der Waals surface area contributed by atoms with E-state index in [0.29, 0.717) is 5.92 Å². The Morgan fingerprint density at radius 3 is 2.07 bits per heavy atom. The van der Waals surface area contributed by atoms with Gasteiger partial charge in [0.1, 0.15) is 0 Å². The van der Waals surface area contributed by atoms with Gasteiger partial charge in [0, 0.05) is 17.3 Å². The van der Waals surface area contributed by atoms with Crippen LogP contribution in [0.3, 0.4) is 0 Å². The zero-order chi connectivity index (χ0) is 10.4. The lowest BCUT2D eigenvalue weighted by molar-refractivity contribution is 1.21. The summed E-state index contributed by atoms with van der Waals surface area (Å²) >= 11 is 0. The Balaban J connectivity index is 1.97. The molecule has 0 radical (unpaired) electrons. The van der Waals surface area contributed by atoms with Gasteiger partial charge in [-0.2, -0.15) is 0 Å². The monoisotopic (exact) mass is 196 g/mol. The van der Waals surface area contributed by atoms with E-state index in [9.17, 15) is 0 Å². The standard InChI is InChI=1S/C13H12N2/c14-9-3-1-8(2-4-9)13-11-6-5-10(15)7-12(11)13/h1-7,13H,14-15H2. The van der Waals surface area contributed by atoms with Crippen molar-refractivity contribution in [3.8, 4) is 0 Å². The van der Waals surface area contributed by atoms with Crippen LogP contribution in [0.25, 0.3) is 0 Å². The van der Waals surface area contributed by atoms with Crippen molar-refractivity contribution in [3.05, 3.63) is 59.2 Å². The molecule has 0 heterocycles. The number of hydrogen-bond donors (Lipinski definition) is 2. The highest BCUT2D eigenvalue weighted by Gasteiger charge is 2.33. The van der Waals surface area contributed by atoms with Crippen LogP contribution in [0.2, 0.25) is 0 Å². The molecule has 0 aromatic heterocycles. The van der Waals surface area contributed by atoms with Crippen molar-refractivity contribution in [2.75, 3.05) is 11.5 Å². The summed E-state index contributed by atoms with van der Waals surface area (Å²) in [5.74, 6) is 0.447. The zero-order valence-electron chi connectivity index (χ0n) is 8.27. The molecular formula is C13H12N2. The molecular weight excluding hydrogens is 184 g/mol. The van der Waals surface area contributed by atoms with E-state index in [4.69, 9.17) is 11.5 Å². The minimum atomic E-state index is 0.447. The van der Waals surface area contributed by atoms with E-state index in [1.54, 1.807) is 0 Å². The Morgan fingerprint density at radius 1 is 0.733 bits per heavy atom. The van der Waals surface area contributed by atoms with Crippen LogP contribution in [0.5, 0.6) is 0 Å². The Morgan fingerprint density at radius 2 is 1.40 bits per heavy atom. The SMILES string of the molecule is Nc1ccc(C2c3ccc(N)cc32)cc1. The molecule has 2 nitrogen and oxygen atoms in total. The normalized spacial score (nSPS) is 17.2. The first-order chi connectivity index (χ1) is 7.25. The van der Waals surface area contributed by atoms with Crippen LogP contribution in [-0.2, 0) is 0 Å². The summed E-state index contributed by atoms with van der Waals surface area (Å²) in [5, 5.41) is 0. The predicted octanol–water partition coefficient (Wildman–Crippen LogP) is 2.34. The fourth-order valence-electron chi connectivity index (χ4n) is 2.08. The fraction of sp³-hybridized carbons (Fsp3) is 0.0769. The molecule has 3 rings (SSSR count). The molecule has 0 saturated carbocycles. The lowest BCUT2D eigenvalue weighted by atomic mass is 10.1. The van der Waals surface area contributed by atoms with Gasteiger partial charge in [0.05, 0.1) is 0 Å². The molecule has 2 heteroatoms. The third-order valence-electron chi connectivity index (χ3n) is 2.92. The van der Waals surface area contributed by atoms with Gasteiger partial charge in [0.25, 0.3) is 0 Å². The van der Waals surface area contributed by atoms with E-state index in [2.05, 4.69) is 24.3 Å². The molecule has 1 atom stereocenters. The minimum Gasteiger partial charge on any atom is -0.399 e. The first-order valence-electron chi connectivity index (χ1n) is 5.00. The van der Waals surface area contributed by atoms with Crippen molar-refractivity contribution in [2.24, 2.45) is 0 Å². The molecule has 0 amide bonds. The van der Waals surface area contributed by atoms with Crippen molar-refractivity contribution in [2.45, 2.75) is 5.92 Å². The number of fused-ring (bicyclic) bond motifs is 1. The number of nitrogens with two attached hydrogens (primary N) is 2. The Kier molecular flexibility index (Phi) is 1.54.